The highest BCUT2D eigenvalue weighted by molar-refractivity contribution is 8.01. The molecule has 4 aromatic rings. The quantitative estimate of drug-likeness (QED) is 0.306. The van der Waals surface area contributed by atoms with E-state index in [0.717, 1.165) is 52.1 Å². The number of anilines is 5. The SMILES string of the molecule is O=C(CSc1nc2ccc(Nc3nc(N4CCOCC4)nc(N4CCOCC4)n3)cc2s1)Nc1ccccc1. The molecule has 2 aliphatic rings. The molecule has 2 aliphatic heterocycles. The van der Waals surface area contributed by atoms with Crippen molar-refractivity contribution >= 4 is 68.4 Å². The van der Waals surface area contributed by atoms with E-state index in [2.05, 4.69) is 25.4 Å². The van der Waals surface area contributed by atoms with Crippen molar-refractivity contribution in [3.8, 4) is 0 Å². The van der Waals surface area contributed by atoms with Gasteiger partial charge in [0.05, 0.1) is 42.4 Å². The lowest BCUT2D eigenvalue weighted by Crippen LogP contribution is -2.40. The summed E-state index contributed by atoms with van der Waals surface area (Å²) in [5, 5.41) is 6.28. The van der Waals surface area contributed by atoms with Crippen LogP contribution in [0.5, 0.6) is 0 Å². The fraction of sp³-hybridized carbons (Fsp3) is 0.346. The molecule has 4 heterocycles. The van der Waals surface area contributed by atoms with Gasteiger partial charge < -0.3 is 29.9 Å². The van der Waals surface area contributed by atoms with Gasteiger partial charge in [-0.05, 0) is 30.3 Å². The fourth-order valence-corrected chi connectivity index (χ4v) is 6.14. The fourth-order valence-electron chi connectivity index (χ4n) is 4.24. The number of fused-ring (bicyclic) bond motifs is 1. The minimum Gasteiger partial charge on any atom is -0.378 e. The van der Waals surface area contributed by atoms with Gasteiger partial charge in [-0.15, -0.1) is 11.3 Å². The van der Waals surface area contributed by atoms with Crippen LogP contribution in [0.3, 0.4) is 0 Å². The van der Waals surface area contributed by atoms with Gasteiger partial charge in [0.1, 0.15) is 0 Å². The molecule has 0 unspecified atom stereocenters. The number of hydrogen-bond acceptors (Lipinski definition) is 12. The third-order valence-electron chi connectivity index (χ3n) is 6.21. The number of para-hydroxylation sites is 1. The molecule has 0 radical (unpaired) electrons. The number of thioether (sulfide) groups is 1. The Balaban J connectivity index is 1.17. The van der Waals surface area contributed by atoms with Crippen LogP contribution < -0.4 is 20.4 Å². The van der Waals surface area contributed by atoms with Gasteiger partial charge in [-0.2, -0.15) is 15.0 Å². The highest BCUT2D eigenvalue weighted by Crippen LogP contribution is 2.32. The van der Waals surface area contributed by atoms with Crippen LogP contribution in [0.15, 0.2) is 52.9 Å². The Morgan fingerprint density at radius 3 is 2.18 bits per heavy atom. The number of morpholine rings is 2. The van der Waals surface area contributed by atoms with Crippen LogP contribution in [0.1, 0.15) is 0 Å². The minimum absolute atomic E-state index is 0.0604. The molecule has 2 N–H and O–H groups in total. The number of benzene rings is 2. The smallest absolute Gasteiger partial charge is 0.234 e. The second-order valence-electron chi connectivity index (χ2n) is 8.95. The van der Waals surface area contributed by atoms with Crippen LogP contribution in [0.2, 0.25) is 0 Å². The molecular formula is C26H28N8O3S2. The Kier molecular flexibility index (Phi) is 8.00. The van der Waals surface area contributed by atoms with Crippen molar-refractivity contribution in [1.82, 2.24) is 19.9 Å². The molecule has 0 aliphatic carbocycles. The van der Waals surface area contributed by atoms with E-state index in [9.17, 15) is 4.79 Å². The van der Waals surface area contributed by atoms with Gasteiger partial charge in [0.2, 0.25) is 23.8 Å². The average molecular weight is 565 g/mol. The number of nitrogens with one attached hydrogen (secondary N) is 2. The molecule has 2 aromatic carbocycles. The van der Waals surface area contributed by atoms with Gasteiger partial charge in [0.15, 0.2) is 4.34 Å². The summed E-state index contributed by atoms with van der Waals surface area (Å²) in [6.45, 7) is 5.56. The van der Waals surface area contributed by atoms with Crippen molar-refractivity contribution in [3.63, 3.8) is 0 Å². The van der Waals surface area contributed by atoms with Gasteiger partial charge in [-0.25, -0.2) is 4.98 Å². The zero-order valence-corrected chi connectivity index (χ0v) is 22.8. The number of ether oxygens (including phenoxy) is 2. The van der Waals surface area contributed by atoms with Crippen LogP contribution in [0.4, 0.5) is 29.2 Å². The first-order valence-electron chi connectivity index (χ1n) is 12.8. The van der Waals surface area contributed by atoms with Crippen molar-refractivity contribution in [1.29, 1.82) is 0 Å². The monoisotopic (exact) mass is 564 g/mol. The predicted molar refractivity (Wildman–Crippen MR) is 155 cm³/mol. The summed E-state index contributed by atoms with van der Waals surface area (Å²) in [6, 6.07) is 15.4. The number of rotatable bonds is 8. The molecule has 0 spiro atoms. The van der Waals surface area contributed by atoms with Gasteiger partial charge >= 0.3 is 0 Å². The van der Waals surface area contributed by atoms with E-state index < -0.39 is 0 Å². The van der Waals surface area contributed by atoms with Crippen LogP contribution >= 0.6 is 23.1 Å². The second kappa shape index (κ2) is 12.1. The van der Waals surface area contributed by atoms with E-state index in [1.165, 1.54) is 11.8 Å². The molecule has 13 heteroatoms. The first-order valence-corrected chi connectivity index (χ1v) is 14.6. The summed E-state index contributed by atoms with van der Waals surface area (Å²) in [7, 11) is 0. The molecule has 1 amide bonds. The Labute approximate surface area is 234 Å². The molecule has 11 nitrogen and oxygen atoms in total. The normalized spacial score (nSPS) is 15.9. The summed E-state index contributed by atoms with van der Waals surface area (Å²) < 4.78 is 12.9. The van der Waals surface area contributed by atoms with E-state index in [0.29, 0.717) is 50.0 Å². The molecule has 202 valence electrons. The highest BCUT2D eigenvalue weighted by atomic mass is 32.2. The van der Waals surface area contributed by atoms with E-state index in [4.69, 9.17) is 24.4 Å². The van der Waals surface area contributed by atoms with Crippen molar-refractivity contribution in [2.45, 2.75) is 4.34 Å². The number of hydrogen-bond donors (Lipinski definition) is 2. The molecule has 0 bridgehead atoms. The standard InChI is InChI=1S/C26H28N8O3S2/c35-22(27-18-4-2-1-3-5-18)17-38-26-29-20-7-6-19(16-21(20)39-26)28-23-30-24(33-8-12-36-13-9-33)32-25(31-23)34-10-14-37-15-11-34/h1-7,16H,8-15,17H2,(H,27,35)(H,28,30,31,32). The van der Waals surface area contributed by atoms with Crippen LogP contribution in [-0.2, 0) is 14.3 Å². The summed E-state index contributed by atoms with van der Waals surface area (Å²) in [5.41, 5.74) is 2.53. The maximum atomic E-state index is 12.3. The van der Waals surface area contributed by atoms with Crippen molar-refractivity contribution in [3.05, 3.63) is 48.5 Å². The van der Waals surface area contributed by atoms with Crippen LogP contribution in [-0.4, -0.2) is 84.2 Å². The third-order valence-corrected chi connectivity index (χ3v) is 8.37. The first-order chi connectivity index (χ1) is 19.2. The summed E-state index contributed by atoms with van der Waals surface area (Å²) in [4.78, 5) is 35.5. The summed E-state index contributed by atoms with van der Waals surface area (Å²) in [5.74, 6) is 2.00. The van der Waals surface area contributed by atoms with E-state index in [1.807, 2.05) is 48.5 Å². The highest BCUT2D eigenvalue weighted by Gasteiger charge is 2.21. The Hall–Kier alpha value is -3.52. The second-order valence-corrected chi connectivity index (χ2v) is 11.2. The lowest BCUT2D eigenvalue weighted by Gasteiger charge is -2.30. The number of aromatic nitrogens is 4. The maximum absolute atomic E-state index is 12.3. The van der Waals surface area contributed by atoms with Crippen molar-refractivity contribution in [2.24, 2.45) is 0 Å². The Bertz CT molecular complexity index is 1390. The first kappa shape index (κ1) is 25.7. The number of carbonyl (C=O) groups is 1. The zero-order valence-electron chi connectivity index (χ0n) is 21.2. The van der Waals surface area contributed by atoms with E-state index >= 15 is 0 Å². The molecule has 0 atom stereocenters. The van der Waals surface area contributed by atoms with E-state index in [1.54, 1.807) is 11.3 Å². The molecule has 6 rings (SSSR count). The van der Waals surface area contributed by atoms with Crippen molar-refractivity contribution in [2.75, 3.05) is 78.8 Å². The summed E-state index contributed by atoms with van der Waals surface area (Å²) >= 11 is 2.99. The molecule has 2 aromatic heterocycles. The van der Waals surface area contributed by atoms with E-state index in [-0.39, 0.29) is 5.91 Å². The lowest BCUT2D eigenvalue weighted by molar-refractivity contribution is -0.113. The van der Waals surface area contributed by atoms with Crippen LogP contribution in [0.25, 0.3) is 10.2 Å². The molecule has 39 heavy (non-hydrogen) atoms. The Morgan fingerprint density at radius 2 is 1.51 bits per heavy atom. The Morgan fingerprint density at radius 1 is 0.846 bits per heavy atom. The topological polar surface area (TPSA) is 118 Å². The molecule has 0 saturated carbocycles. The zero-order chi connectivity index (χ0) is 26.4. The number of nitrogens with zero attached hydrogens (tertiary/aromatic N) is 6. The van der Waals surface area contributed by atoms with Gasteiger partial charge in [-0.1, -0.05) is 30.0 Å². The number of amides is 1. The number of carbonyl (C=O) groups excluding carboxylic acids is 1. The van der Waals surface area contributed by atoms with Gasteiger partial charge in [0, 0.05) is 37.6 Å². The molecular weight excluding hydrogens is 536 g/mol. The largest absolute Gasteiger partial charge is 0.378 e. The predicted octanol–water partition coefficient (Wildman–Crippen LogP) is 3.63. The average Bonchev–Trinajstić information content (AvgIpc) is 3.40. The van der Waals surface area contributed by atoms with Gasteiger partial charge in [-0.3, -0.25) is 4.79 Å². The lowest BCUT2D eigenvalue weighted by atomic mass is 10.3. The molecule has 2 saturated heterocycles. The molecule has 2 fully saturated rings. The minimum atomic E-state index is -0.0604. The third kappa shape index (κ3) is 6.56. The van der Waals surface area contributed by atoms with Crippen LogP contribution in [0, 0.1) is 0 Å². The number of thiazole rings is 1. The summed E-state index contributed by atoms with van der Waals surface area (Å²) in [6.07, 6.45) is 0. The van der Waals surface area contributed by atoms with Gasteiger partial charge in [0.25, 0.3) is 0 Å². The maximum Gasteiger partial charge on any atom is 0.234 e. The van der Waals surface area contributed by atoms with Crippen molar-refractivity contribution < 1.29 is 14.3 Å².